The summed E-state index contributed by atoms with van der Waals surface area (Å²) in [7, 11) is 3.26. The molecule has 1 aliphatic heterocycles. The molecule has 1 saturated heterocycles. The van der Waals surface area contributed by atoms with Gasteiger partial charge in [-0.25, -0.2) is 9.59 Å². The third kappa shape index (κ3) is 8.58. The minimum atomic E-state index is -5.15. The molecule has 2 N–H and O–H groups in total. The van der Waals surface area contributed by atoms with Gasteiger partial charge in [0.25, 0.3) is 0 Å². The van der Waals surface area contributed by atoms with Gasteiger partial charge < -0.3 is 24.7 Å². The molecule has 0 radical (unpaired) electrons. The molecule has 0 aromatic heterocycles. The fourth-order valence-electron chi connectivity index (χ4n) is 3.16. The van der Waals surface area contributed by atoms with E-state index < -0.39 is 36.2 Å². The van der Waals surface area contributed by atoms with Crippen LogP contribution in [0.4, 0.5) is 37.7 Å². The van der Waals surface area contributed by atoms with Gasteiger partial charge in [-0.05, 0) is 32.2 Å². The predicted molar refractivity (Wildman–Crippen MR) is 112 cm³/mol. The number of carboxylic acids is 2. The maximum atomic E-state index is 13.2. The molecule has 1 aromatic rings. The highest BCUT2D eigenvalue weighted by molar-refractivity contribution is 6.04. The zero-order valence-corrected chi connectivity index (χ0v) is 19.0. The summed E-state index contributed by atoms with van der Waals surface area (Å²) in [6.07, 6.45) is -10.2. The highest BCUT2D eigenvalue weighted by atomic mass is 19.4. The molecule has 1 aromatic carbocycles. The third-order valence-corrected chi connectivity index (χ3v) is 4.89. The highest BCUT2D eigenvalue weighted by Gasteiger charge is 2.45. The summed E-state index contributed by atoms with van der Waals surface area (Å²) in [5, 5.41) is 16.6. The maximum absolute atomic E-state index is 13.2. The Labute approximate surface area is 196 Å². The second-order valence-electron chi connectivity index (χ2n) is 7.58. The largest absolute Gasteiger partial charge is 0.490 e. The predicted octanol–water partition coefficient (Wildman–Crippen LogP) is 2.70. The topological polar surface area (TPSA) is 111 Å². The number of carbonyl (C=O) groups is 3. The molecule has 9 nitrogen and oxygen atoms in total. The number of alkyl halides is 6. The van der Waals surface area contributed by atoms with Crippen molar-refractivity contribution >= 4 is 29.2 Å². The van der Waals surface area contributed by atoms with E-state index in [9.17, 15) is 41.0 Å². The standard InChI is InChI=1S/C18H24F3N3O4.C2HF3O2/c1-12(11-28-3)24(17(27)18(19,20)21)15-10-13(4-5-14(15)16(25)26)23-8-6-22(2)7-9-23;3-2(4,5)1(6)7/h4-5,10,12H,6-9,11H2,1-3H3,(H,25,26);(H,6,7)/t12-;/m0./s1. The van der Waals surface area contributed by atoms with Crippen molar-refractivity contribution in [2.24, 2.45) is 0 Å². The average Bonchev–Trinajstić information content (AvgIpc) is 2.73. The molecular formula is C20H25F6N3O6. The molecule has 0 saturated carbocycles. The lowest BCUT2D eigenvalue weighted by atomic mass is 10.1. The van der Waals surface area contributed by atoms with E-state index in [1.54, 1.807) is 6.07 Å². The number of rotatable bonds is 6. The first kappa shape index (κ1) is 30.0. The number of benzene rings is 1. The Balaban J connectivity index is 0.000000762. The summed E-state index contributed by atoms with van der Waals surface area (Å²) < 4.78 is 76.3. The van der Waals surface area contributed by atoms with Crippen molar-refractivity contribution in [1.29, 1.82) is 0 Å². The lowest BCUT2D eigenvalue weighted by Gasteiger charge is -2.35. The van der Waals surface area contributed by atoms with Gasteiger partial charge in [-0.2, -0.15) is 26.3 Å². The van der Waals surface area contributed by atoms with Crippen molar-refractivity contribution in [3.05, 3.63) is 23.8 Å². The molecule has 0 bridgehead atoms. The number of likely N-dealkylation sites (N-methyl/N-ethyl adjacent to an activating group) is 1. The zero-order valence-electron chi connectivity index (χ0n) is 19.0. The van der Waals surface area contributed by atoms with Gasteiger partial charge in [-0.15, -0.1) is 0 Å². The van der Waals surface area contributed by atoms with Crippen LogP contribution in [0.1, 0.15) is 17.3 Å². The van der Waals surface area contributed by atoms with Gasteiger partial charge in [0.05, 0.1) is 23.9 Å². The van der Waals surface area contributed by atoms with Crippen molar-refractivity contribution in [2.45, 2.75) is 25.3 Å². The summed E-state index contributed by atoms with van der Waals surface area (Å²) in [4.78, 5) is 37.2. The highest BCUT2D eigenvalue weighted by Crippen LogP contribution is 2.32. The van der Waals surface area contributed by atoms with E-state index in [4.69, 9.17) is 14.6 Å². The maximum Gasteiger partial charge on any atom is 0.490 e. The molecule has 15 heteroatoms. The van der Waals surface area contributed by atoms with E-state index in [1.807, 2.05) is 11.9 Å². The first-order valence-corrected chi connectivity index (χ1v) is 10.0. The number of carbonyl (C=O) groups excluding carboxylic acids is 1. The van der Waals surface area contributed by atoms with Crippen LogP contribution in [-0.2, 0) is 14.3 Å². The molecule has 1 heterocycles. The molecule has 1 amide bonds. The zero-order chi connectivity index (χ0) is 27.1. The van der Waals surface area contributed by atoms with E-state index >= 15 is 0 Å². The molecule has 1 aliphatic rings. The van der Waals surface area contributed by atoms with Gasteiger partial charge in [0.15, 0.2) is 0 Å². The summed E-state index contributed by atoms with van der Waals surface area (Å²) >= 11 is 0. The minimum Gasteiger partial charge on any atom is -0.478 e. The van der Waals surface area contributed by atoms with Gasteiger partial charge in [0.2, 0.25) is 0 Å². The molecule has 198 valence electrons. The Kier molecular flexibility index (Phi) is 10.3. The van der Waals surface area contributed by atoms with Crippen molar-refractivity contribution < 1.29 is 55.7 Å². The number of nitrogens with zero attached hydrogens (tertiary/aromatic N) is 3. The molecular weight excluding hydrogens is 492 g/mol. The fraction of sp³-hybridized carbons (Fsp3) is 0.550. The summed E-state index contributed by atoms with van der Waals surface area (Å²) in [5.74, 6) is -6.30. The van der Waals surface area contributed by atoms with Gasteiger partial charge in [-0.1, -0.05) is 0 Å². The van der Waals surface area contributed by atoms with Crippen LogP contribution in [0.25, 0.3) is 0 Å². The Bertz CT molecular complexity index is 900. The number of hydrogen-bond acceptors (Lipinski definition) is 6. The molecule has 1 atom stereocenters. The quantitative estimate of drug-likeness (QED) is 0.555. The Morgan fingerprint density at radius 2 is 1.54 bits per heavy atom. The number of aliphatic carboxylic acids is 1. The third-order valence-electron chi connectivity index (χ3n) is 4.89. The number of halogens is 6. The van der Waals surface area contributed by atoms with E-state index in [-0.39, 0.29) is 17.9 Å². The van der Waals surface area contributed by atoms with Crippen molar-refractivity contribution in [3.63, 3.8) is 0 Å². The fourth-order valence-corrected chi connectivity index (χ4v) is 3.16. The van der Waals surface area contributed by atoms with E-state index in [2.05, 4.69) is 4.90 Å². The Hall–Kier alpha value is -3.07. The average molecular weight is 517 g/mol. The molecule has 0 aliphatic carbocycles. The van der Waals surface area contributed by atoms with Crippen LogP contribution < -0.4 is 9.80 Å². The van der Waals surface area contributed by atoms with Crippen LogP contribution in [0.3, 0.4) is 0 Å². The molecule has 35 heavy (non-hydrogen) atoms. The molecule has 0 spiro atoms. The summed E-state index contributed by atoms with van der Waals surface area (Å²) in [6, 6.07) is 3.11. The van der Waals surface area contributed by atoms with Crippen molar-refractivity contribution in [3.8, 4) is 0 Å². The lowest BCUT2D eigenvalue weighted by Crippen LogP contribution is -2.49. The second kappa shape index (κ2) is 12.1. The van der Waals surface area contributed by atoms with Gasteiger partial charge in [-0.3, -0.25) is 9.69 Å². The van der Waals surface area contributed by atoms with Gasteiger partial charge in [0, 0.05) is 39.0 Å². The van der Waals surface area contributed by atoms with Crippen LogP contribution in [0.5, 0.6) is 0 Å². The Morgan fingerprint density at radius 1 is 1.03 bits per heavy atom. The first-order valence-electron chi connectivity index (χ1n) is 10.0. The Morgan fingerprint density at radius 3 is 1.94 bits per heavy atom. The number of ether oxygens (including phenoxy) is 1. The number of anilines is 2. The number of hydrogen-bond donors (Lipinski definition) is 2. The van der Waals surface area contributed by atoms with Crippen LogP contribution in [0, 0.1) is 0 Å². The van der Waals surface area contributed by atoms with Crippen LogP contribution >= 0.6 is 0 Å². The number of piperazine rings is 1. The van der Waals surface area contributed by atoms with E-state index in [0.717, 1.165) is 13.1 Å². The summed E-state index contributed by atoms with van der Waals surface area (Å²) in [6.45, 7) is 4.01. The monoisotopic (exact) mass is 517 g/mol. The minimum absolute atomic E-state index is 0.181. The molecule has 0 unspecified atom stereocenters. The van der Waals surface area contributed by atoms with Gasteiger partial charge in [0.1, 0.15) is 0 Å². The van der Waals surface area contributed by atoms with Gasteiger partial charge >= 0.3 is 30.2 Å². The second-order valence-corrected chi connectivity index (χ2v) is 7.58. The summed E-state index contributed by atoms with van der Waals surface area (Å²) in [5.41, 5.74) is -0.105. The van der Waals surface area contributed by atoms with E-state index in [0.29, 0.717) is 23.7 Å². The number of aromatic carboxylic acids is 1. The van der Waals surface area contributed by atoms with Crippen molar-refractivity contribution in [2.75, 3.05) is 56.7 Å². The van der Waals surface area contributed by atoms with Crippen LogP contribution in [-0.4, -0.2) is 98.3 Å². The number of methoxy groups -OCH3 is 1. The lowest BCUT2D eigenvalue weighted by molar-refractivity contribution is -0.192. The normalized spacial score (nSPS) is 15.6. The SMILES string of the molecule is COC[C@H](C)N(C(=O)C(F)(F)F)c1cc(N2CCN(C)CC2)ccc1C(=O)O.O=C(O)C(F)(F)F. The molecule has 2 rings (SSSR count). The van der Waals surface area contributed by atoms with Crippen molar-refractivity contribution in [1.82, 2.24) is 4.90 Å². The van der Waals surface area contributed by atoms with Crippen LogP contribution in [0.2, 0.25) is 0 Å². The number of carboxylic acid groups (broad SMARTS) is 2. The van der Waals surface area contributed by atoms with Crippen LogP contribution in [0.15, 0.2) is 18.2 Å². The van der Waals surface area contributed by atoms with E-state index in [1.165, 1.54) is 26.2 Å². The molecule has 1 fully saturated rings. The first-order chi connectivity index (χ1) is 16.0. The number of amides is 1. The smallest absolute Gasteiger partial charge is 0.478 e.